The molecule has 0 saturated heterocycles. The standard InChI is InChI=1S/C20H19N3O3S/c1-13-8-9-16(10-14(13)2)26-11-18(24)22-23-19(25)17-12-27-20(21-17)15-6-4-3-5-7-15/h3-10,12H,11H2,1-2H3,(H,22,24)(H,23,25). The van der Waals surface area contributed by atoms with Crippen LogP contribution in [0, 0.1) is 13.8 Å². The van der Waals surface area contributed by atoms with Crippen molar-refractivity contribution in [3.8, 4) is 16.3 Å². The van der Waals surface area contributed by atoms with E-state index in [0.29, 0.717) is 5.75 Å². The molecule has 3 aromatic rings. The number of aryl methyl sites for hydroxylation is 2. The largest absolute Gasteiger partial charge is 0.484 e. The summed E-state index contributed by atoms with van der Waals surface area (Å²) in [6, 6.07) is 15.2. The predicted octanol–water partition coefficient (Wildman–Crippen LogP) is 3.27. The van der Waals surface area contributed by atoms with Gasteiger partial charge in [-0.1, -0.05) is 36.4 Å². The number of carbonyl (C=O) groups excluding carboxylic acids is 2. The molecule has 0 bridgehead atoms. The quantitative estimate of drug-likeness (QED) is 0.665. The van der Waals surface area contributed by atoms with Crippen molar-refractivity contribution >= 4 is 23.2 Å². The van der Waals surface area contributed by atoms with Crippen LogP contribution in [0.1, 0.15) is 21.6 Å². The number of aromatic nitrogens is 1. The van der Waals surface area contributed by atoms with Crippen molar-refractivity contribution in [2.45, 2.75) is 13.8 Å². The van der Waals surface area contributed by atoms with Gasteiger partial charge in [-0.2, -0.15) is 0 Å². The van der Waals surface area contributed by atoms with Crippen molar-refractivity contribution in [1.82, 2.24) is 15.8 Å². The first-order valence-electron chi connectivity index (χ1n) is 8.33. The van der Waals surface area contributed by atoms with Gasteiger partial charge in [0, 0.05) is 10.9 Å². The number of thiazole rings is 1. The second kappa shape index (κ2) is 8.46. The monoisotopic (exact) mass is 381 g/mol. The number of amides is 2. The summed E-state index contributed by atoms with van der Waals surface area (Å²) in [5, 5.41) is 2.39. The third kappa shape index (κ3) is 4.92. The van der Waals surface area contributed by atoms with Crippen molar-refractivity contribution in [3.05, 3.63) is 70.7 Å². The SMILES string of the molecule is Cc1ccc(OCC(=O)NNC(=O)c2csc(-c3ccccc3)n2)cc1C. The minimum Gasteiger partial charge on any atom is -0.484 e. The van der Waals surface area contributed by atoms with E-state index in [1.54, 1.807) is 11.4 Å². The maximum atomic E-state index is 12.1. The highest BCUT2D eigenvalue weighted by atomic mass is 32.1. The van der Waals surface area contributed by atoms with Gasteiger partial charge in [0.25, 0.3) is 11.8 Å². The van der Waals surface area contributed by atoms with Crippen molar-refractivity contribution in [1.29, 1.82) is 0 Å². The lowest BCUT2D eigenvalue weighted by atomic mass is 10.1. The van der Waals surface area contributed by atoms with Crippen molar-refractivity contribution < 1.29 is 14.3 Å². The van der Waals surface area contributed by atoms with E-state index >= 15 is 0 Å². The Morgan fingerprint density at radius 1 is 1.04 bits per heavy atom. The van der Waals surface area contributed by atoms with Crippen LogP contribution in [-0.4, -0.2) is 23.4 Å². The Morgan fingerprint density at radius 2 is 1.81 bits per heavy atom. The Bertz CT molecular complexity index is 954. The molecule has 2 amide bonds. The molecule has 138 valence electrons. The fourth-order valence-electron chi connectivity index (χ4n) is 2.27. The summed E-state index contributed by atoms with van der Waals surface area (Å²) in [6.45, 7) is 3.78. The van der Waals surface area contributed by atoms with Gasteiger partial charge < -0.3 is 4.74 Å². The van der Waals surface area contributed by atoms with Crippen LogP contribution in [0.25, 0.3) is 10.6 Å². The van der Waals surface area contributed by atoms with Crippen LogP contribution in [-0.2, 0) is 4.79 Å². The fourth-order valence-corrected chi connectivity index (χ4v) is 3.08. The average Bonchev–Trinajstić information content (AvgIpc) is 3.18. The zero-order valence-corrected chi connectivity index (χ0v) is 15.8. The van der Waals surface area contributed by atoms with Crippen LogP contribution in [0.5, 0.6) is 5.75 Å². The molecule has 1 aromatic heterocycles. The molecule has 0 spiro atoms. The zero-order chi connectivity index (χ0) is 19.2. The van der Waals surface area contributed by atoms with Crippen LogP contribution in [0.3, 0.4) is 0 Å². The van der Waals surface area contributed by atoms with E-state index in [4.69, 9.17) is 4.74 Å². The summed E-state index contributed by atoms with van der Waals surface area (Å²) in [4.78, 5) is 28.3. The molecule has 0 aliphatic heterocycles. The summed E-state index contributed by atoms with van der Waals surface area (Å²) in [5.41, 5.74) is 8.09. The van der Waals surface area contributed by atoms with Crippen LogP contribution in [0.4, 0.5) is 0 Å². The van der Waals surface area contributed by atoms with Gasteiger partial charge in [0.05, 0.1) is 0 Å². The van der Waals surface area contributed by atoms with Gasteiger partial charge in [-0.25, -0.2) is 4.98 Å². The summed E-state index contributed by atoms with van der Waals surface area (Å²) in [5.74, 6) is -0.334. The lowest BCUT2D eigenvalue weighted by Gasteiger charge is -2.09. The molecule has 0 fully saturated rings. The number of carbonyl (C=O) groups is 2. The van der Waals surface area contributed by atoms with Crippen molar-refractivity contribution in [2.24, 2.45) is 0 Å². The molecule has 7 heteroatoms. The number of rotatable bonds is 5. The Balaban J connectivity index is 1.49. The van der Waals surface area contributed by atoms with Gasteiger partial charge >= 0.3 is 0 Å². The van der Waals surface area contributed by atoms with Gasteiger partial charge in [-0.05, 0) is 37.1 Å². The molecule has 27 heavy (non-hydrogen) atoms. The summed E-state index contributed by atoms with van der Waals surface area (Å²) in [6.07, 6.45) is 0. The molecule has 2 aromatic carbocycles. The van der Waals surface area contributed by atoms with Gasteiger partial charge in [0.1, 0.15) is 16.5 Å². The molecule has 3 rings (SSSR count). The Kier molecular flexibility index (Phi) is 5.83. The average molecular weight is 381 g/mol. The van der Waals surface area contributed by atoms with Crippen molar-refractivity contribution in [3.63, 3.8) is 0 Å². The van der Waals surface area contributed by atoms with Gasteiger partial charge in [-0.3, -0.25) is 20.4 Å². The number of hydrogen-bond acceptors (Lipinski definition) is 5. The summed E-state index contributed by atoms with van der Waals surface area (Å²) < 4.78 is 5.43. The normalized spacial score (nSPS) is 10.3. The first kappa shape index (κ1) is 18.6. The minimum absolute atomic E-state index is 0.199. The fraction of sp³-hybridized carbons (Fsp3) is 0.150. The molecule has 0 radical (unpaired) electrons. The highest BCUT2D eigenvalue weighted by molar-refractivity contribution is 7.13. The Labute approximate surface area is 161 Å². The smallest absolute Gasteiger partial charge is 0.289 e. The van der Waals surface area contributed by atoms with E-state index in [0.717, 1.165) is 21.7 Å². The maximum Gasteiger partial charge on any atom is 0.289 e. The lowest BCUT2D eigenvalue weighted by Crippen LogP contribution is -2.43. The zero-order valence-electron chi connectivity index (χ0n) is 15.0. The van der Waals surface area contributed by atoms with E-state index in [2.05, 4.69) is 15.8 Å². The molecule has 1 heterocycles. The van der Waals surface area contributed by atoms with E-state index in [1.165, 1.54) is 11.3 Å². The molecule has 0 aliphatic rings. The first-order chi connectivity index (χ1) is 13.0. The van der Waals surface area contributed by atoms with E-state index in [9.17, 15) is 9.59 Å². The molecule has 0 saturated carbocycles. The number of hydrogen-bond donors (Lipinski definition) is 2. The Hall–Kier alpha value is -3.19. The molecular weight excluding hydrogens is 362 g/mol. The molecule has 0 aliphatic carbocycles. The van der Waals surface area contributed by atoms with Crippen LogP contribution in [0.15, 0.2) is 53.9 Å². The number of hydrazine groups is 1. The predicted molar refractivity (Wildman–Crippen MR) is 105 cm³/mol. The van der Waals surface area contributed by atoms with Crippen LogP contribution in [0.2, 0.25) is 0 Å². The van der Waals surface area contributed by atoms with Crippen LogP contribution < -0.4 is 15.6 Å². The Morgan fingerprint density at radius 3 is 2.56 bits per heavy atom. The number of benzene rings is 2. The third-order valence-corrected chi connectivity index (χ3v) is 4.81. The summed E-state index contributed by atoms with van der Waals surface area (Å²) >= 11 is 1.37. The van der Waals surface area contributed by atoms with E-state index in [1.807, 2.05) is 56.3 Å². The van der Waals surface area contributed by atoms with Gasteiger partial charge in [-0.15, -0.1) is 11.3 Å². The number of ether oxygens (including phenoxy) is 1. The number of nitrogens with zero attached hydrogens (tertiary/aromatic N) is 1. The minimum atomic E-state index is -0.479. The molecule has 2 N–H and O–H groups in total. The van der Waals surface area contributed by atoms with Gasteiger partial charge in [0.2, 0.25) is 0 Å². The third-order valence-electron chi connectivity index (χ3n) is 3.92. The van der Waals surface area contributed by atoms with Crippen LogP contribution >= 0.6 is 11.3 Å². The van der Waals surface area contributed by atoms with Crippen molar-refractivity contribution in [2.75, 3.05) is 6.61 Å². The first-order valence-corrected chi connectivity index (χ1v) is 9.21. The molecular formula is C20H19N3O3S. The molecule has 0 unspecified atom stereocenters. The highest BCUT2D eigenvalue weighted by Crippen LogP contribution is 2.23. The van der Waals surface area contributed by atoms with E-state index < -0.39 is 11.8 Å². The molecule has 0 atom stereocenters. The second-order valence-corrected chi connectivity index (χ2v) is 6.80. The highest BCUT2D eigenvalue weighted by Gasteiger charge is 2.13. The van der Waals surface area contributed by atoms with E-state index in [-0.39, 0.29) is 12.3 Å². The lowest BCUT2D eigenvalue weighted by molar-refractivity contribution is -0.123. The topological polar surface area (TPSA) is 80.3 Å². The van der Waals surface area contributed by atoms with Gasteiger partial charge in [0.15, 0.2) is 6.61 Å². The number of nitrogens with one attached hydrogen (secondary N) is 2. The maximum absolute atomic E-state index is 12.1. The second-order valence-electron chi connectivity index (χ2n) is 5.94. The summed E-state index contributed by atoms with van der Waals surface area (Å²) in [7, 11) is 0. The molecule has 6 nitrogen and oxygen atoms in total.